The summed E-state index contributed by atoms with van der Waals surface area (Å²) < 4.78 is 31.8. The highest BCUT2D eigenvalue weighted by atomic mass is 19.1. The molecule has 4 amide bonds. The smallest absolute Gasteiger partial charge is 0.258 e. The number of fused-ring (bicyclic) bond motifs is 5. The quantitative estimate of drug-likeness (QED) is 0.394. The zero-order chi connectivity index (χ0) is 32.2. The van der Waals surface area contributed by atoms with Gasteiger partial charge in [-0.15, -0.1) is 0 Å². The molecule has 3 aliphatic rings. The SMILES string of the molecule is COc1ccc2cc1OCC(=O)NCc1cc(F)cc(c1)O[C@@H]1CCN(C(=O)Cc3ccc(NC(=O)C4CC4)cc3)C[C@@H]1NC2=O. The fraction of sp³-hybridized carbons (Fsp3) is 0.353. The average Bonchev–Trinajstić information content (AvgIpc) is 3.90. The lowest BCUT2D eigenvalue weighted by molar-refractivity contribution is -0.133. The molecule has 0 radical (unpaired) electrons. The summed E-state index contributed by atoms with van der Waals surface area (Å²) in [6.45, 7) is 0.237. The van der Waals surface area contributed by atoms with Crippen molar-refractivity contribution in [1.82, 2.24) is 15.5 Å². The standard InChI is InChI=1S/C34H35FN4O7/c1-44-29-9-6-23-15-30(29)45-19-31(40)36-17-21-12-24(35)16-26(13-21)46-28-10-11-39(18-27(28)38-34(23)43)32(41)14-20-2-7-25(8-3-20)37-33(42)22-4-5-22/h2-3,6-9,12-13,15-16,22,27-28H,4-5,10-11,14,17-19H2,1H3,(H,36,40)(H,37,42)(H,38,43)/t27-,28+/m0/s1. The number of hydrogen-bond acceptors (Lipinski definition) is 7. The van der Waals surface area contributed by atoms with Gasteiger partial charge in [-0.05, 0) is 66.4 Å². The maximum Gasteiger partial charge on any atom is 0.258 e. The van der Waals surface area contributed by atoms with Gasteiger partial charge in [0, 0.05) is 49.3 Å². The van der Waals surface area contributed by atoms with E-state index in [1.54, 1.807) is 35.2 Å². The van der Waals surface area contributed by atoms with E-state index in [0.29, 0.717) is 30.0 Å². The monoisotopic (exact) mass is 630 g/mol. The summed E-state index contributed by atoms with van der Waals surface area (Å²) >= 11 is 0. The van der Waals surface area contributed by atoms with Crippen LogP contribution >= 0.6 is 0 Å². The predicted octanol–water partition coefficient (Wildman–Crippen LogP) is 3.21. The van der Waals surface area contributed by atoms with Crippen molar-refractivity contribution >= 4 is 29.3 Å². The van der Waals surface area contributed by atoms with Gasteiger partial charge in [0.15, 0.2) is 18.1 Å². The Bertz CT molecular complexity index is 1640. The van der Waals surface area contributed by atoms with E-state index in [1.165, 1.54) is 25.3 Å². The number of carbonyl (C=O) groups excluding carboxylic acids is 4. The number of methoxy groups -OCH3 is 1. The van der Waals surface area contributed by atoms with Crippen LogP contribution < -0.4 is 30.2 Å². The van der Waals surface area contributed by atoms with Crippen LogP contribution in [-0.4, -0.2) is 67.5 Å². The molecule has 0 spiro atoms. The fourth-order valence-electron chi connectivity index (χ4n) is 5.56. The molecule has 2 atom stereocenters. The van der Waals surface area contributed by atoms with E-state index < -0.39 is 29.8 Å². The third-order valence-electron chi connectivity index (χ3n) is 8.24. The molecule has 4 bridgehead atoms. The van der Waals surface area contributed by atoms with E-state index in [-0.39, 0.29) is 60.9 Å². The molecular formula is C34H35FN4O7. The van der Waals surface area contributed by atoms with Crippen LogP contribution in [0.5, 0.6) is 17.2 Å². The minimum Gasteiger partial charge on any atom is -0.493 e. The molecule has 3 N–H and O–H groups in total. The number of amides is 4. The lowest BCUT2D eigenvalue weighted by atomic mass is 9.99. The molecule has 3 aromatic carbocycles. The number of benzene rings is 3. The van der Waals surface area contributed by atoms with E-state index in [9.17, 15) is 23.6 Å². The van der Waals surface area contributed by atoms with Crippen LogP contribution in [0.1, 0.15) is 40.7 Å². The van der Waals surface area contributed by atoms with Gasteiger partial charge in [-0.25, -0.2) is 4.39 Å². The van der Waals surface area contributed by atoms with Crippen molar-refractivity contribution in [1.29, 1.82) is 0 Å². The van der Waals surface area contributed by atoms with E-state index in [1.807, 2.05) is 12.1 Å². The summed E-state index contributed by atoms with van der Waals surface area (Å²) in [6, 6.07) is 15.4. The Kier molecular flexibility index (Phi) is 9.04. The largest absolute Gasteiger partial charge is 0.493 e. The number of likely N-dealkylation sites (tertiary alicyclic amines) is 1. The predicted molar refractivity (Wildman–Crippen MR) is 165 cm³/mol. The van der Waals surface area contributed by atoms with Crippen LogP contribution in [0.15, 0.2) is 60.7 Å². The molecule has 11 nitrogen and oxygen atoms in total. The Labute approximate surface area is 265 Å². The number of nitrogens with one attached hydrogen (secondary N) is 3. The Morgan fingerprint density at radius 1 is 1.04 bits per heavy atom. The van der Waals surface area contributed by atoms with E-state index in [4.69, 9.17) is 14.2 Å². The first-order chi connectivity index (χ1) is 22.2. The van der Waals surface area contributed by atoms with Crippen LogP contribution in [0.2, 0.25) is 0 Å². The molecule has 12 heteroatoms. The van der Waals surface area contributed by atoms with E-state index >= 15 is 0 Å². The maximum absolute atomic E-state index is 14.6. The van der Waals surface area contributed by atoms with Crippen LogP contribution in [0, 0.1) is 11.7 Å². The molecule has 1 saturated heterocycles. The molecule has 240 valence electrons. The van der Waals surface area contributed by atoms with Crippen LogP contribution in [0.3, 0.4) is 0 Å². The molecule has 3 aromatic rings. The molecule has 2 heterocycles. The summed E-state index contributed by atoms with van der Waals surface area (Å²) in [6.07, 6.45) is 1.78. The number of halogens is 1. The molecule has 2 fully saturated rings. The van der Waals surface area contributed by atoms with E-state index in [2.05, 4.69) is 16.0 Å². The Balaban J connectivity index is 1.20. The second-order valence-corrected chi connectivity index (χ2v) is 11.7. The fourth-order valence-corrected chi connectivity index (χ4v) is 5.56. The van der Waals surface area contributed by atoms with Crippen molar-refractivity contribution in [3.63, 3.8) is 0 Å². The second kappa shape index (κ2) is 13.5. The van der Waals surface area contributed by atoms with Crippen molar-refractivity contribution in [3.8, 4) is 17.2 Å². The first-order valence-corrected chi connectivity index (χ1v) is 15.3. The van der Waals surface area contributed by atoms with Gasteiger partial charge in [0.05, 0.1) is 19.6 Å². The van der Waals surface area contributed by atoms with Gasteiger partial charge >= 0.3 is 0 Å². The highest BCUT2D eigenvalue weighted by Gasteiger charge is 2.35. The summed E-state index contributed by atoms with van der Waals surface area (Å²) in [5.41, 5.74) is 2.23. The Morgan fingerprint density at radius 3 is 2.61 bits per heavy atom. The molecule has 1 saturated carbocycles. The van der Waals surface area contributed by atoms with Gasteiger partial charge in [0.1, 0.15) is 17.7 Å². The van der Waals surface area contributed by atoms with Crippen molar-refractivity contribution in [2.45, 2.75) is 44.4 Å². The van der Waals surface area contributed by atoms with Gasteiger partial charge in [-0.2, -0.15) is 0 Å². The van der Waals surface area contributed by atoms with Crippen molar-refractivity contribution in [2.75, 3.05) is 32.1 Å². The third kappa shape index (κ3) is 7.56. The minimum atomic E-state index is -0.629. The van der Waals surface area contributed by atoms with Crippen molar-refractivity contribution < 1.29 is 37.8 Å². The highest BCUT2D eigenvalue weighted by Crippen LogP contribution is 2.31. The summed E-state index contributed by atoms with van der Waals surface area (Å²) in [5.74, 6) is -0.639. The van der Waals surface area contributed by atoms with Crippen molar-refractivity contribution in [2.24, 2.45) is 5.92 Å². The summed E-state index contributed by atoms with van der Waals surface area (Å²) in [5, 5.41) is 8.60. The normalized spacial score (nSPS) is 19.8. The number of anilines is 1. The van der Waals surface area contributed by atoms with Gasteiger partial charge in [-0.1, -0.05) is 12.1 Å². The molecule has 6 rings (SSSR count). The third-order valence-corrected chi connectivity index (χ3v) is 8.24. The number of rotatable bonds is 5. The van der Waals surface area contributed by atoms with E-state index in [0.717, 1.165) is 18.4 Å². The van der Waals surface area contributed by atoms with Gasteiger partial charge in [-0.3, -0.25) is 19.2 Å². The lowest BCUT2D eigenvalue weighted by Gasteiger charge is -2.39. The molecule has 0 unspecified atom stereocenters. The molecule has 0 aromatic heterocycles. The zero-order valence-corrected chi connectivity index (χ0v) is 25.3. The molecule has 2 aliphatic heterocycles. The number of ether oxygens (including phenoxy) is 3. The van der Waals surface area contributed by atoms with Gasteiger partial charge < -0.3 is 35.1 Å². The molecule has 1 aliphatic carbocycles. The van der Waals surface area contributed by atoms with Crippen LogP contribution in [0.25, 0.3) is 0 Å². The number of hydrogen-bond donors (Lipinski definition) is 3. The summed E-state index contributed by atoms with van der Waals surface area (Å²) in [4.78, 5) is 53.1. The minimum absolute atomic E-state index is 0.0184. The highest BCUT2D eigenvalue weighted by molar-refractivity contribution is 5.95. The first-order valence-electron chi connectivity index (χ1n) is 15.3. The Morgan fingerprint density at radius 2 is 1.85 bits per heavy atom. The number of piperidine rings is 1. The molecular weight excluding hydrogens is 595 g/mol. The number of carbonyl (C=O) groups is 4. The zero-order valence-electron chi connectivity index (χ0n) is 25.3. The van der Waals surface area contributed by atoms with Gasteiger partial charge in [0.2, 0.25) is 11.8 Å². The van der Waals surface area contributed by atoms with Crippen molar-refractivity contribution in [3.05, 3.63) is 83.2 Å². The van der Waals surface area contributed by atoms with Crippen LogP contribution in [-0.2, 0) is 27.3 Å². The number of nitrogens with zero attached hydrogens (tertiary/aromatic N) is 1. The topological polar surface area (TPSA) is 135 Å². The maximum atomic E-state index is 14.6. The van der Waals surface area contributed by atoms with Crippen LogP contribution in [0.4, 0.5) is 10.1 Å². The average molecular weight is 631 g/mol. The second-order valence-electron chi connectivity index (χ2n) is 11.7. The van der Waals surface area contributed by atoms with Gasteiger partial charge in [0.25, 0.3) is 11.8 Å². The Hall–Kier alpha value is -5.13. The summed E-state index contributed by atoms with van der Waals surface area (Å²) in [7, 11) is 1.45. The first kappa shape index (κ1) is 30.9. The molecule has 46 heavy (non-hydrogen) atoms. The lowest BCUT2D eigenvalue weighted by Crippen LogP contribution is -2.58.